The number of piperazine rings is 1. The average Bonchev–Trinajstić information content (AvgIpc) is 3.43. The van der Waals surface area contributed by atoms with Gasteiger partial charge in [0.25, 0.3) is 5.56 Å². The van der Waals surface area contributed by atoms with Crippen LogP contribution in [0.1, 0.15) is 35.4 Å². The summed E-state index contributed by atoms with van der Waals surface area (Å²) in [5.41, 5.74) is 3.90. The van der Waals surface area contributed by atoms with Crippen LogP contribution in [0.5, 0.6) is 0 Å². The number of nitrogens with one attached hydrogen (secondary N) is 1. The fraction of sp³-hybridized carbons (Fsp3) is 0.421. The Morgan fingerprint density at radius 2 is 2.00 bits per heavy atom. The van der Waals surface area contributed by atoms with Gasteiger partial charge in [0.15, 0.2) is 0 Å². The molecule has 6 nitrogen and oxygen atoms in total. The van der Waals surface area contributed by atoms with Crippen LogP contribution >= 0.6 is 0 Å². The highest BCUT2D eigenvalue weighted by molar-refractivity contribution is 5.83. The highest BCUT2D eigenvalue weighted by Gasteiger charge is 2.33. The lowest BCUT2D eigenvalue weighted by Gasteiger charge is -2.36. The molecule has 2 fully saturated rings. The van der Waals surface area contributed by atoms with E-state index in [1.807, 2.05) is 21.9 Å². The third-order valence-corrected chi connectivity index (χ3v) is 5.14. The molecule has 0 bridgehead atoms. The van der Waals surface area contributed by atoms with Crippen LogP contribution in [0.25, 0.3) is 0 Å². The second-order valence-corrected chi connectivity index (χ2v) is 6.94. The summed E-state index contributed by atoms with van der Waals surface area (Å²) < 4.78 is 0. The number of anilines is 1. The zero-order valence-electron chi connectivity index (χ0n) is 14.4. The van der Waals surface area contributed by atoms with Crippen molar-refractivity contribution in [1.82, 2.24) is 15.1 Å². The second kappa shape index (κ2) is 6.35. The van der Waals surface area contributed by atoms with Crippen molar-refractivity contribution in [2.45, 2.75) is 32.2 Å². The van der Waals surface area contributed by atoms with Gasteiger partial charge < -0.3 is 9.80 Å². The number of carbonyl (C=O) groups is 1. The molecule has 0 unspecified atom stereocenters. The van der Waals surface area contributed by atoms with Crippen LogP contribution < -0.4 is 10.5 Å². The van der Waals surface area contributed by atoms with Crippen LogP contribution in [0.3, 0.4) is 0 Å². The predicted octanol–water partition coefficient (Wildman–Crippen LogP) is 1.80. The van der Waals surface area contributed by atoms with Gasteiger partial charge in [-0.05, 0) is 36.8 Å². The van der Waals surface area contributed by atoms with Gasteiger partial charge in [-0.15, -0.1) is 0 Å². The van der Waals surface area contributed by atoms with Gasteiger partial charge in [0, 0.05) is 25.2 Å². The van der Waals surface area contributed by atoms with E-state index < -0.39 is 0 Å². The average molecular weight is 338 g/mol. The van der Waals surface area contributed by atoms with E-state index in [0.29, 0.717) is 25.6 Å². The molecule has 1 aliphatic heterocycles. The van der Waals surface area contributed by atoms with E-state index >= 15 is 0 Å². The molecule has 2 heterocycles. The van der Waals surface area contributed by atoms with Crippen molar-refractivity contribution in [3.63, 3.8) is 0 Å². The Balaban J connectivity index is 1.51. The molecule has 6 heteroatoms. The standard InChI is InChI=1S/C19H22N4O2/c1-13-4-2-3-5-15(13)11-23-9-8-22(12-17(23)24)16-10-20-21-19(25)18(16)14-6-7-14/h2-5,10,14H,6-9,11-12H2,1H3,(H,21,25). The number of aryl methyl sites for hydroxylation is 1. The maximum atomic E-state index is 12.7. The van der Waals surface area contributed by atoms with Gasteiger partial charge >= 0.3 is 0 Å². The van der Waals surface area contributed by atoms with Crippen molar-refractivity contribution in [2.75, 3.05) is 24.5 Å². The summed E-state index contributed by atoms with van der Waals surface area (Å²) in [5, 5.41) is 6.48. The van der Waals surface area contributed by atoms with Crippen molar-refractivity contribution in [3.8, 4) is 0 Å². The molecule has 2 aliphatic rings. The molecular formula is C19H22N4O2. The van der Waals surface area contributed by atoms with Gasteiger partial charge in [0.2, 0.25) is 5.91 Å². The number of benzene rings is 1. The fourth-order valence-corrected chi connectivity index (χ4v) is 3.49. The Bertz CT molecular complexity index is 856. The number of aromatic amines is 1. The molecule has 1 aromatic heterocycles. The molecule has 0 atom stereocenters. The number of nitrogens with zero attached hydrogens (tertiary/aromatic N) is 3. The van der Waals surface area contributed by atoms with Crippen molar-refractivity contribution < 1.29 is 4.79 Å². The minimum atomic E-state index is -0.116. The Hall–Kier alpha value is -2.63. The summed E-state index contributed by atoms with van der Waals surface area (Å²) in [6.07, 6.45) is 3.78. The molecule has 4 rings (SSSR count). The van der Waals surface area contributed by atoms with Gasteiger partial charge in [-0.2, -0.15) is 5.10 Å². The van der Waals surface area contributed by atoms with Crippen LogP contribution in [-0.2, 0) is 11.3 Å². The van der Waals surface area contributed by atoms with Gasteiger partial charge in [-0.3, -0.25) is 9.59 Å². The largest absolute Gasteiger partial charge is 0.359 e. The molecule has 2 aromatic rings. The number of H-pyrrole nitrogens is 1. The van der Waals surface area contributed by atoms with Crippen LogP contribution in [0, 0.1) is 6.92 Å². The first-order valence-corrected chi connectivity index (χ1v) is 8.78. The molecule has 1 saturated carbocycles. The van der Waals surface area contributed by atoms with E-state index in [0.717, 1.165) is 30.6 Å². The Kier molecular flexibility index (Phi) is 4.03. The lowest BCUT2D eigenvalue weighted by atomic mass is 10.1. The number of carbonyl (C=O) groups excluding carboxylic acids is 1. The maximum absolute atomic E-state index is 12.7. The first-order valence-electron chi connectivity index (χ1n) is 8.78. The van der Waals surface area contributed by atoms with Gasteiger partial charge in [0.1, 0.15) is 0 Å². The molecular weight excluding hydrogens is 316 g/mol. The molecule has 1 aromatic carbocycles. The van der Waals surface area contributed by atoms with Gasteiger partial charge in [-0.1, -0.05) is 24.3 Å². The van der Waals surface area contributed by atoms with E-state index in [9.17, 15) is 9.59 Å². The van der Waals surface area contributed by atoms with Gasteiger partial charge in [0.05, 0.1) is 18.4 Å². The van der Waals surface area contributed by atoms with E-state index in [1.165, 1.54) is 11.1 Å². The normalized spacial score (nSPS) is 17.9. The van der Waals surface area contributed by atoms with Crippen molar-refractivity contribution in [3.05, 3.63) is 57.5 Å². The lowest BCUT2D eigenvalue weighted by Crippen LogP contribution is -2.50. The van der Waals surface area contributed by atoms with Crippen molar-refractivity contribution in [1.29, 1.82) is 0 Å². The summed E-state index contributed by atoms with van der Waals surface area (Å²) in [6, 6.07) is 8.16. The number of amides is 1. The summed E-state index contributed by atoms with van der Waals surface area (Å²) in [6.45, 7) is 4.39. The predicted molar refractivity (Wildman–Crippen MR) is 95.6 cm³/mol. The molecule has 1 aliphatic carbocycles. The first-order chi connectivity index (χ1) is 12.1. The first kappa shape index (κ1) is 15.9. The highest BCUT2D eigenvalue weighted by atomic mass is 16.2. The summed E-state index contributed by atoms with van der Waals surface area (Å²) >= 11 is 0. The number of hydrogen-bond donors (Lipinski definition) is 1. The quantitative estimate of drug-likeness (QED) is 0.923. The Labute approximate surface area is 146 Å². The monoisotopic (exact) mass is 338 g/mol. The molecule has 1 amide bonds. The minimum Gasteiger partial charge on any atom is -0.359 e. The van der Waals surface area contributed by atoms with Crippen LogP contribution in [0.2, 0.25) is 0 Å². The van der Waals surface area contributed by atoms with Gasteiger partial charge in [-0.25, -0.2) is 5.10 Å². The lowest BCUT2D eigenvalue weighted by molar-refractivity contribution is -0.131. The molecule has 130 valence electrons. The SMILES string of the molecule is Cc1ccccc1CN1CCN(c2cn[nH]c(=O)c2C2CC2)CC1=O. The summed E-state index contributed by atoms with van der Waals surface area (Å²) in [4.78, 5) is 28.7. The molecule has 0 radical (unpaired) electrons. The van der Waals surface area contributed by atoms with E-state index in [2.05, 4.69) is 29.3 Å². The maximum Gasteiger partial charge on any atom is 0.269 e. The minimum absolute atomic E-state index is 0.0940. The smallest absolute Gasteiger partial charge is 0.269 e. The van der Waals surface area contributed by atoms with E-state index in [1.54, 1.807) is 6.20 Å². The molecule has 1 saturated heterocycles. The number of aromatic nitrogens is 2. The van der Waals surface area contributed by atoms with Crippen LogP contribution in [-0.4, -0.2) is 40.6 Å². The zero-order valence-corrected chi connectivity index (χ0v) is 14.4. The highest BCUT2D eigenvalue weighted by Crippen LogP contribution is 2.42. The second-order valence-electron chi connectivity index (χ2n) is 6.94. The molecule has 25 heavy (non-hydrogen) atoms. The van der Waals surface area contributed by atoms with Crippen molar-refractivity contribution >= 4 is 11.6 Å². The van der Waals surface area contributed by atoms with Crippen LogP contribution in [0.15, 0.2) is 35.3 Å². The molecule has 1 N–H and O–H groups in total. The van der Waals surface area contributed by atoms with E-state index in [4.69, 9.17) is 0 Å². The third-order valence-electron chi connectivity index (χ3n) is 5.14. The summed E-state index contributed by atoms with van der Waals surface area (Å²) in [5.74, 6) is 0.415. The van der Waals surface area contributed by atoms with E-state index in [-0.39, 0.29) is 11.5 Å². The Morgan fingerprint density at radius 1 is 1.20 bits per heavy atom. The molecule has 0 spiro atoms. The van der Waals surface area contributed by atoms with Crippen LogP contribution in [0.4, 0.5) is 5.69 Å². The zero-order chi connectivity index (χ0) is 17.4. The number of hydrogen-bond acceptors (Lipinski definition) is 4. The third kappa shape index (κ3) is 3.16. The fourth-order valence-electron chi connectivity index (χ4n) is 3.49. The Morgan fingerprint density at radius 3 is 2.72 bits per heavy atom. The summed E-state index contributed by atoms with van der Waals surface area (Å²) in [7, 11) is 0. The topological polar surface area (TPSA) is 69.3 Å². The number of rotatable bonds is 4. The van der Waals surface area contributed by atoms with Crippen molar-refractivity contribution in [2.24, 2.45) is 0 Å².